The molecule has 0 atom stereocenters. The molecule has 0 unspecified atom stereocenters. The number of hydrogen-bond donors (Lipinski definition) is 1. The standard InChI is InChI=1S/C11H14Cl2N2S/c12-8-6-10(14)11(7-9(8)13)15-2-1-4-16-5-3-15/h6-7H,1-5,14H2. The van der Waals surface area contributed by atoms with E-state index in [4.69, 9.17) is 28.9 Å². The van der Waals surface area contributed by atoms with Gasteiger partial charge in [-0.3, -0.25) is 0 Å². The van der Waals surface area contributed by atoms with Crippen LogP contribution in [0.25, 0.3) is 0 Å². The number of benzene rings is 1. The lowest BCUT2D eigenvalue weighted by Gasteiger charge is -2.24. The smallest absolute Gasteiger partial charge is 0.0616 e. The summed E-state index contributed by atoms with van der Waals surface area (Å²) >= 11 is 13.9. The molecule has 0 amide bonds. The molecule has 2 N–H and O–H groups in total. The van der Waals surface area contributed by atoms with Crippen LogP contribution in [0, 0.1) is 0 Å². The molecule has 2 nitrogen and oxygen atoms in total. The molecule has 1 heterocycles. The Morgan fingerprint density at radius 3 is 2.69 bits per heavy atom. The molecule has 1 aliphatic heterocycles. The Hall–Kier alpha value is -0.250. The van der Waals surface area contributed by atoms with E-state index < -0.39 is 0 Å². The van der Waals surface area contributed by atoms with E-state index in [2.05, 4.69) is 4.90 Å². The minimum atomic E-state index is 0.520. The van der Waals surface area contributed by atoms with Crippen molar-refractivity contribution in [3.8, 4) is 0 Å². The van der Waals surface area contributed by atoms with Gasteiger partial charge in [0, 0.05) is 18.8 Å². The normalized spacial score (nSPS) is 17.2. The lowest BCUT2D eigenvalue weighted by atomic mass is 10.2. The van der Waals surface area contributed by atoms with E-state index in [-0.39, 0.29) is 0 Å². The zero-order chi connectivity index (χ0) is 11.5. The van der Waals surface area contributed by atoms with Crippen LogP contribution in [0.3, 0.4) is 0 Å². The molecule has 0 aliphatic carbocycles. The van der Waals surface area contributed by atoms with Crippen molar-refractivity contribution in [2.75, 3.05) is 35.2 Å². The summed E-state index contributed by atoms with van der Waals surface area (Å²) in [5.74, 6) is 2.36. The predicted octanol–water partition coefficient (Wildman–Crippen LogP) is 3.52. The van der Waals surface area contributed by atoms with Crippen molar-refractivity contribution in [1.29, 1.82) is 0 Å². The number of anilines is 2. The summed E-state index contributed by atoms with van der Waals surface area (Å²) in [7, 11) is 0. The fourth-order valence-electron chi connectivity index (χ4n) is 1.81. The predicted molar refractivity (Wildman–Crippen MR) is 75.0 cm³/mol. The first kappa shape index (κ1) is 12.2. The Morgan fingerprint density at radius 1 is 1.12 bits per heavy atom. The monoisotopic (exact) mass is 276 g/mol. The van der Waals surface area contributed by atoms with Crippen molar-refractivity contribution in [2.24, 2.45) is 0 Å². The number of hydrogen-bond acceptors (Lipinski definition) is 3. The van der Waals surface area contributed by atoms with Gasteiger partial charge in [-0.05, 0) is 24.3 Å². The minimum absolute atomic E-state index is 0.520. The van der Waals surface area contributed by atoms with Crippen LogP contribution in [-0.4, -0.2) is 24.6 Å². The maximum Gasteiger partial charge on any atom is 0.0616 e. The maximum atomic E-state index is 6.03. The summed E-state index contributed by atoms with van der Waals surface area (Å²) < 4.78 is 0. The zero-order valence-electron chi connectivity index (χ0n) is 8.88. The van der Waals surface area contributed by atoms with Crippen LogP contribution < -0.4 is 10.6 Å². The van der Waals surface area contributed by atoms with E-state index in [1.165, 1.54) is 12.2 Å². The van der Waals surface area contributed by atoms with Crippen LogP contribution in [0.5, 0.6) is 0 Å². The van der Waals surface area contributed by atoms with Crippen LogP contribution in [0.15, 0.2) is 12.1 Å². The van der Waals surface area contributed by atoms with E-state index in [0.29, 0.717) is 15.7 Å². The number of thioether (sulfide) groups is 1. The van der Waals surface area contributed by atoms with E-state index in [1.807, 2.05) is 17.8 Å². The van der Waals surface area contributed by atoms with Gasteiger partial charge in [0.05, 0.1) is 21.4 Å². The second kappa shape index (κ2) is 5.39. The third-order valence-electron chi connectivity index (χ3n) is 2.63. The van der Waals surface area contributed by atoms with Crippen LogP contribution in [-0.2, 0) is 0 Å². The van der Waals surface area contributed by atoms with Crippen LogP contribution in [0.4, 0.5) is 11.4 Å². The van der Waals surface area contributed by atoms with Crippen LogP contribution in [0.2, 0.25) is 10.0 Å². The van der Waals surface area contributed by atoms with Gasteiger partial charge in [0.2, 0.25) is 0 Å². The van der Waals surface area contributed by atoms with Crippen LogP contribution in [0.1, 0.15) is 6.42 Å². The lowest BCUT2D eigenvalue weighted by Crippen LogP contribution is -2.26. The molecule has 0 aromatic heterocycles. The maximum absolute atomic E-state index is 6.03. The Balaban J connectivity index is 2.27. The van der Waals surface area contributed by atoms with Crippen LogP contribution >= 0.6 is 35.0 Å². The van der Waals surface area contributed by atoms with Crippen molar-refractivity contribution in [3.05, 3.63) is 22.2 Å². The number of nitrogens with zero attached hydrogens (tertiary/aromatic N) is 1. The molecule has 1 saturated heterocycles. The molecule has 0 spiro atoms. The molecule has 5 heteroatoms. The number of halogens is 2. The van der Waals surface area contributed by atoms with Crippen molar-refractivity contribution in [1.82, 2.24) is 0 Å². The lowest BCUT2D eigenvalue weighted by molar-refractivity contribution is 0.817. The highest BCUT2D eigenvalue weighted by Crippen LogP contribution is 2.33. The van der Waals surface area contributed by atoms with Gasteiger partial charge < -0.3 is 10.6 Å². The largest absolute Gasteiger partial charge is 0.397 e. The van der Waals surface area contributed by atoms with Gasteiger partial charge in [0.15, 0.2) is 0 Å². The van der Waals surface area contributed by atoms with Crippen molar-refractivity contribution in [3.63, 3.8) is 0 Å². The first-order valence-electron chi connectivity index (χ1n) is 5.25. The third kappa shape index (κ3) is 2.70. The fourth-order valence-corrected chi connectivity index (χ4v) is 3.03. The number of rotatable bonds is 1. The molecule has 0 saturated carbocycles. The number of nitrogen functional groups attached to an aromatic ring is 1. The SMILES string of the molecule is Nc1cc(Cl)c(Cl)cc1N1CCCSCC1. The van der Waals surface area contributed by atoms with Crippen molar-refractivity contribution >= 4 is 46.3 Å². The molecule has 88 valence electrons. The third-order valence-corrected chi connectivity index (χ3v) is 4.40. The molecule has 0 bridgehead atoms. The first-order chi connectivity index (χ1) is 7.68. The van der Waals surface area contributed by atoms with E-state index >= 15 is 0 Å². The topological polar surface area (TPSA) is 29.3 Å². The fraction of sp³-hybridized carbons (Fsp3) is 0.455. The second-order valence-electron chi connectivity index (χ2n) is 3.78. The van der Waals surface area contributed by atoms with E-state index in [0.717, 1.165) is 24.5 Å². The summed E-state index contributed by atoms with van der Waals surface area (Å²) in [6.45, 7) is 2.06. The number of nitrogens with two attached hydrogens (primary N) is 1. The van der Waals surface area contributed by atoms with Gasteiger partial charge >= 0.3 is 0 Å². The zero-order valence-corrected chi connectivity index (χ0v) is 11.2. The summed E-state index contributed by atoms with van der Waals surface area (Å²) in [6, 6.07) is 3.60. The molecule has 1 fully saturated rings. The minimum Gasteiger partial charge on any atom is -0.397 e. The molecule has 1 aromatic rings. The summed E-state index contributed by atoms with van der Waals surface area (Å²) in [4.78, 5) is 2.29. The van der Waals surface area contributed by atoms with Gasteiger partial charge in [-0.25, -0.2) is 0 Å². The van der Waals surface area contributed by atoms with Gasteiger partial charge in [-0.2, -0.15) is 11.8 Å². The molecule has 1 aliphatic rings. The molecule has 1 aromatic carbocycles. The molecule has 0 radical (unpaired) electrons. The highest BCUT2D eigenvalue weighted by atomic mass is 35.5. The molecular formula is C11H14Cl2N2S. The Labute approximate surface area is 110 Å². The molecular weight excluding hydrogens is 263 g/mol. The average Bonchev–Trinajstić information content (AvgIpc) is 2.52. The Bertz CT molecular complexity index is 376. The van der Waals surface area contributed by atoms with Gasteiger partial charge in [-0.15, -0.1) is 0 Å². The summed E-state index contributed by atoms with van der Waals surface area (Å²) in [5.41, 5.74) is 7.70. The van der Waals surface area contributed by atoms with E-state index in [9.17, 15) is 0 Å². The van der Waals surface area contributed by atoms with E-state index in [1.54, 1.807) is 6.07 Å². The second-order valence-corrected chi connectivity index (χ2v) is 5.82. The van der Waals surface area contributed by atoms with Crippen molar-refractivity contribution < 1.29 is 0 Å². The highest BCUT2D eigenvalue weighted by Gasteiger charge is 2.14. The highest BCUT2D eigenvalue weighted by molar-refractivity contribution is 7.99. The Morgan fingerprint density at radius 2 is 1.88 bits per heavy atom. The quantitative estimate of drug-likeness (QED) is 0.796. The molecule has 16 heavy (non-hydrogen) atoms. The summed E-state index contributed by atoms with van der Waals surface area (Å²) in [6.07, 6.45) is 1.18. The average molecular weight is 277 g/mol. The van der Waals surface area contributed by atoms with Gasteiger partial charge in [0.25, 0.3) is 0 Å². The molecule has 2 rings (SSSR count). The van der Waals surface area contributed by atoms with Gasteiger partial charge in [0.1, 0.15) is 0 Å². The van der Waals surface area contributed by atoms with Crippen molar-refractivity contribution in [2.45, 2.75) is 6.42 Å². The first-order valence-corrected chi connectivity index (χ1v) is 7.17. The summed E-state index contributed by atoms with van der Waals surface area (Å²) in [5, 5.41) is 1.09. The van der Waals surface area contributed by atoms with Gasteiger partial charge in [-0.1, -0.05) is 23.2 Å². The Kier molecular flexibility index (Phi) is 4.11.